The molecule has 0 amide bonds. The normalized spacial score (nSPS) is 12.4. The molecule has 160 valence electrons. The molecule has 0 fully saturated rings. The van der Waals surface area contributed by atoms with E-state index in [1.165, 1.54) is 0 Å². The number of hydrogen-bond donors (Lipinski definition) is 2. The molecule has 4 heterocycles. The number of nitrogens with zero attached hydrogens (tertiary/aromatic N) is 6. The van der Waals surface area contributed by atoms with Gasteiger partial charge in [-0.2, -0.15) is 5.10 Å². The minimum Gasteiger partial charge on any atom is -0.398 e. The first-order valence-electron chi connectivity index (χ1n) is 10.2. The highest BCUT2D eigenvalue weighted by atomic mass is 15.2. The first kappa shape index (κ1) is 21.0. The maximum Gasteiger partial charge on any atom is 0.154 e. The van der Waals surface area contributed by atoms with Gasteiger partial charge in [-0.05, 0) is 47.9 Å². The zero-order valence-electron chi connectivity index (χ0n) is 18.2. The van der Waals surface area contributed by atoms with Gasteiger partial charge in [-0.15, -0.1) is 5.10 Å². The Morgan fingerprint density at radius 1 is 1.00 bits per heavy atom. The van der Waals surface area contributed by atoms with E-state index in [-0.39, 0.29) is 0 Å². The molecule has 0 aliphatic rings. The van der Waals surface area contributed by atoms with Crippen molar-refractivity contribution >= 4 is 40.2 Å². The predicted molar refractivity (Wildman–Crippen MR) is 129 cm³/mol. The molecule has 4 aromatic rings. The summed E-state index contributed by atoms with van der Waals surface area (Å²) in [6.07, 6.45) is 8.69. The van der Waals surface area contributed by atoms with E-state index >= 15 is 0 Å². The third-order valence-corrected chi connectivity index (χ3v) is 4.99. The highest BCUT2D eigenvalue weighted by Gasteiger charge is 2.10. The Balaban J connectivity index is 1.72. The summed E-state index contributed by atoms with van der Waals surface area (Å²) in [5.74, 6) is 1.66. The summed E-state index contributed by atoms with van der Waals surface area (Å²) < 4.78 is 0. The summed E-state index contributed by atoms with van der Waals surface area (Å²) in [6.45, 7) is 4.23. The summed E-state index contributed by atoms with van der Waals surface area (Å²) >= 11 is 0. The fourth-order valence-corrected chi connectivity index (χ4v) is 3.23. The van der Waals surface area contributed by atoms with Crippen molar-refractivity contribution < 1.29 is 0 Å². The molecule has 4 rings (SSSR count). The molecule has 3 N–H and O–H groups in total. The second-order valence-corrected chi connectivity index (χ2v) is 7.56. The second kappa shape index (κ2) is 9.30. The summed E-state index contributed by atoms with van der Waals surface area (Å²) in [5.41, 5.74) is 12.1. The topological polar surface area (TPSA) is 115 Å². The van der Waals surface area contributed by atoms with E-state index in [4.69, 9.17) is 10.7 Å². The smallest absolute Gasteiger partial charge is 0.154 e. The van der Waals surface area contributed by atoms with Crippen LogP contribution in [-0.4, -0.2) is 38.4 Å². The van der Waals surface area contributed by atoms with Crippen LogP contribution in [0.4, 0.5) is 11.6 Å². The van der Waals surface area contributed by atoms with Gasteiger partial charge in [0.25, 0.3) is 0 Å². The molecule has 0 unspecified atom stereocenters. The van der Waals surface area contributed by atoms with Crippen molar-refractivity contribution in [2.24, 2.45) is 10.7 Å². The Hall–Kier alpha value is -4.20. The Labute approximate surface area is 186 Å². The van der Waals surface area contributed by atoms with E-state index in [1.54, 1.807) is 38.0 Å². The molecule has 0 saturated heterocycles. The molecular formula is C24H24N8. The highest BCUT2D eigenvalue weighted by Crippen LogP contribution is 2.25. The third-order valence-electron chi connectivity index (χ3n) is 4.99. The number of aromatic nitrogens is 5. The zero-order valence-corrected chi connectivity index (χ0v) is 18.2. The summed E-state index contributed by atoms with van der Waals surface area (Å²) in [6, 6.07) is 11.4. The van der Waals surface area contributed by atoms with Gasteiger partial charge in [0.1, 0.15) is 5.82 Å². The summed E-state index contributed by atoms with van der Waals surface area (Å²) in [7, 11) is 1.71. The molecule has 0 aliphatic heterocycles. The number of pyridine rings is 3. The number of allylic oxidation sites excluding steroid dienone is 1. The van der Waals surface area contributed by atoms with Gasteiger partial charge >= 0.3 is 0 Å². The molecule has 0 bridgehead atoms. The number of aliphatic imine (C=N–C) groups is 1. The van der Waals surface area contributed by atoms with E-state index in [1.807, 2.05) is 36.4 Å². The molecule has 0 saturated carbocycles. The van der Waals surface area contributed by atoms with Gasteiger partial charge in [0.2, 0.25) is 0 Å². The van der Waals surface area contributed by atoms with Crippen molar-refractivity contribution in [1.29, 1.82) is 0 Å². The maximum atomic E-state index is 6.46. The molecule has 0 atom stereocenters. The van der Waals surface area contributed by atoms with Crippen molar-refractivity contribution in [3.63, 3.8) is 0 Å². The average molecular weight is 425 g/mol. The molecule has 0 aromatic carbocycles. The molecule has 4 aromatic heterocycles. The summed E-state index contributed by atoms with van der Waals surface area (Å²) in [5, 5.41) is 11.5. The van der Waals surface area contributed by atoms with Gasteiger partial charge in [-0.25, -0.2) is 4.98 Å². The predicted octanol–water partition coefficient (Wildman–Crippen LogP) is 4.21. The monoisotopic (exact) mass is 424 g/mol. The van der Waals surface area contributed by atoms with Crippen molar-refractivity contribution in [3.8, 4) is 0 Å². The Bertz CT molecular complexity index is 1300. The van der Waals surface area contributed by atoms with Crippen molar-refractivity contribution in [2.45, 2.75) is 19.8 Å². The van der Waals surface area contributed by atoms with E-state index in [0.29, 0.717) is 23.3 Å². The van der Waals surface area contributed by atoms with Crippen LogP contribution >= 0.6 is 0 Å². The van der Waals surface area contributed by atoms with E-state index in [9.17, 15) is 0 Å². The van der Waals surface area contributed by atoms with Gasteiger partial charge in [-0.3, -0.25) is 15.0 Å². The first-order valence-corrected chi connectivity index (χ1v) is 10.2. The van der Waals surface area contributed by atoms with Gasteiger partial charge in [0.05, 0.1) is 17.2 Å². The van der Waals surface area contributed by atoms with Gasteiger partial charge in [0.15, 0.2) is 5.82 Å². The highest BCUT2D eigenvalue weighted by molar-refractivity contribution is 6.19. The second-order valence-electron chi connectivity index (χ2n) is 7.56. The first-order chi connectivity index (χ1) is 15.5. The quantitative estimate of drug-likeness (QED) is 0.446. The van der Waals surface area contributed by atoms with Crippen molar-refractivity contribution in [3.05, 3.63) is 77.9 Å². The van der Waals surface area contributed by atoms with Gasteiger partial charge < -0.3 is 11.1 Å². The van der Waals surface area contributed by atoms with Crippen LogP contribution in [0.25, 0.3) is 22.3 Å². The van der Waals surface area contributed by atoms with Crippen LogP contribution in [0.5, 0.6) is 0 Å². The van der Waals surface area contributed by atoms with Crippen LogP contribution in [0.2, 0.25) is 0 Å². The minimum absolute atomic E-state index is 0.360. The van der Waals surface area contributed by atoms with E-state index < -0.39 is 0 Å². The Morgan fingerprint density at radius 3 is 2.56 bits per heavy atom. The molecule has 0 aliphatic carbocycles. The number of anilines is 2. The van der Waals surface area contributed by atoms with Crippen LogP contribution in [0.3, 0.4) is 0 Å². The maximum absolute atomic E-state index is 6.46. The lowest BCUT2D eigenvalue weighted by atomic mass is 10.0. The molecule has 8 heteroatoms. The Morgan fingerprint density at radius 2 is 1.81 bits per heavy atom. The SMILES string of the molecule is CN=CC(=C(N)c1ccncc1)c1cnc2ccc(Nc3cc(C(C)C)cnn3)nc2c1. The fraction of sp³-hybridized carbons (Fsp3) is 0.167. The lowest BCUT2D eigenvalue weighted by molar-refractivity contribution is 0.843. The standard InChI is InChI=1S/C24H24N8/c1-15(2)17-11-23(32-29-13-17)31-22-5-4-20-21(30-22)10-18(12-28-20)19(14-26-3)24(25)16-6-8-27-9-7-16/h4-15H,25H2,1-3H3,(H,30,31,32). The number of nitrogens with one attached hydrogen (secondary N) is 1. The lowest BCUT2D eigenvalue weighted by Gasteiger charge is -2.11. The number of hydrogen-bond acceptors (Lipinski definition) is 8. The zero-order chi connectivity index (χ0) is 22.5. The largest absolute Gasteiger partial charge is 0.398 e. The van der Waals surface area contributed by atoms with Crippen LogP contribution < -0.4 is 11.1 Å². The average Bonchev–Trinajstić information content (AvgIpc) is 2.82. The third kappa shape index (κ3) is 4.59. The molecule has 32 heavy (non-hydrogen) atoms. The number of fused-ring (bicyclic) bond motifs is 1. The van der Waals surface area contributed by atoms with Gasteiger partial charge in [0, 0.05) is 54.2 Å². The fourth-order valence-electron chi connectivity index (χ4n) is 3.23. The molecule has 0 spiro atoms. The van der Waals surface area contributed by atoms with E-state index in [2.05, 4.69) is 44.3 Å². The lowest BCUT2D eigenvalue weighted by Crippen LogP contribution is -2.04. The van der Waals surface area contributed by atoms with Crippen LogP contribution in [0, 0.1) is 0 Å². The number of nitrogens with two attached hydrogens (primary N) is 1. The molecule has 0 radical (unpaired) electrons. The van der Waals surface area contributed by atoms with Crippen LogP contribution in [0.15, 0.2) is 66.2 Å². The Kier molecular flexibility index (Phi) is 6.12. The minimum atomic E-state index is 0.360. The van der Waals surface area contributed by atoms with Crippen LogP contribution in [-0.2, 0) is 0 Å². The molecular weight excluding hydrogens is 400 g/mol. The van der Waals surface area contributed by atoms with Crippen LogP contribution in [0.1, 0.15) is 36.5 Å². The van der Waals surface area contributed by atoms with Gasteiger partial charge in [-0.1, -0.05) is 13.8 Å². The number of rotatable bonds is 6. The molecule has 8 nitrogen and oxygen atoms in total. The summed E-state index contributed by atoms with van der Waals surface area (Å²) in [4.78, 5) is 17.5. The van der Waals surface area contributed by atoms with E-state index in [0.717, 1.165) is 33.3 Å². The van der Waals surface area contributed by atoms with Crippen molar-refractivity contribution in [2.75, 3.05) is 12.4 Å². The van der Waals surface area contributed by atoms with Crippen molar-refractivity contribution in [1.82, 2.24) is 25.1 Å².